The predicted octanol–water partition coefficient (Wildman–Crippen LogP) is 4.91. The van der Waals surface area contributed by atoms with E-state index in [0.717, 1.165) is 37.2 Å². The Bertz CT molecular complexity index is 390. The summed E-state index contributed by atoms with van der Waals surface area (Å²) in [5.41, 5.74) is 0.213. The number of hydrogen-bond donors (Lipinski definition) is 1. The lowest BCUT2D eigenvalue weighted by molar-refractivity contribution is 0.0196. The van der Waals surface area contributed by atoms with Gasteiger partial charge in [-0.3, -0.25) is 0 Å². The van der Waals surface area contributed by atoms with E-state index in [1.54, 1.807) is 0 Å². The van der Waals surface area contributed by atoms with Crippen LogP contribution < -0.4 is 0 Å². The van der Waals surface area contributed by atoms with E-state index in [0.29, 0.717) is 5.02 Å². The molecule has 2 heteroatoms. The van der Waals surface area contributed by atoms with Crippen LogP contribution in [0.2, 0.25) is 5.02 Å². The van der Waals surface area contributed by atoms with Gasteiger partial charge in [0, 0.05) is 10.6 Å². The number of aliphatic hydroxyl groups is 1. The van der Waals surface area contributed by atoms with E-state index in [1.807, 2.05) is 24.3 Å². The van der Waals surface area contributed by atoms with Crippen molar-refractivity contribution in [3.05, 3.63) is 34.9 Å². The van der Waals surface area contributed by atoms with E-state index in [4.69, 9.17) is 11.6 Å². The van der Waals surface area contributed by atoms with Crippen LogP contribution in [-0.2, 0) is 5.60 Å². The molecule has 0 heterocycles. The molecule has 0 spiro atoms. The van der Waals surface area contributed by atoms with Gasteiger partial charge in [-0.05, 0) is 37.7 Å². The summed E-state index contributed by atoms with van der Waals surface area (Å²) in [4.78, 5) is 0. The predicted molar refractivity (Wildman–Crippen MR) is 76.8 cm³/mol. The molecule has 2 unspecified atom stereocenters. The van der Waals surface area contributed by atoms with Gasteiger partial charge < -0.3 is 5.11 Å². The van der Waals surface area contributed by atoms with Crippen LogP contribution in [0, 0.1) is 5.92 Å². The third kappa shape index (κ3) is 3.07. The highest BCUT2D eigenvalue weighted by Gasteiger charge is 2.33. The van der Waals surface area contributed by atoms with Crippen LogP contribution in [0.4, 0.5) is 0 Å². The van der Waals surface area contributed by atoms with E-state index < -0.39 is 5.60 Å². The maximum atomic E-state index is 10.9. The van der Waals surface area contributed by atoms with Crippen LogP contribution in [-0.4, -0.2) is 5.11 Å². The normalized spacial score (nSPS) is 28.9. The molecule has 1 aliphatic carbocycles. The number of rotatable bonds is 3. The van der Waals surface area contributed by atoms with E-state index in [2.05, 4.69) is 6.92 Å². The van der Waals surface area contributed by atoms with Gasteiger partial charge in [0.1, 0.15) is 0 Å². The smallest absolute Gasteiger partial charge is 0.0911 e. The second kappa shape index (κ2) is 6.08. The molecule has 18 heavy (non-hydrogen) atoms. The summed E-state index contributed by atoms with van der Waals surface area (Å²) in [5, 5.41) is 11.6. The van der Waals surface area contributed by atoms with Crippen LogP contribution in [0.3, 0.4) is 0 Å². The highest BCUT2D eigenvalue weighted by atomic mass is 35.5. The zero-order valence-corrected chi connectivity index (χ0v) is 11.9. The molecule has 1 aliphatic rings. The Labute approximate surface area is 115 Å². The number of hydrogen-bond acceptors (Lipinski definition) is 1. The fourth-order valence-corrected chi connectivity index (χ4v) is 3.51. The molecule has 1 nitrogen and oxygen atoms in total. The van der Waals surface area contributed by atoms with Gasteiger partial charge in [0.15, 0.2) is 0 Å². The second-order valence-electron chi connectivity index (χ2n) is 5.60. The first-order chi connectivity index (χ1) is 8.65. The van der Waals surface area contributed by atoms with Crippen molar-refractivity contribution in [3.8, 4) is 0 Å². The van der Waals surface area contributed by atoms with Crippen molar-refractivity contribution in [1.82, 2.24) is 0 Å². The molecule has 1 aromatic carbocycles. The molecule has 1 N–H and O–H groups in total. The first-order valence-corrected chi connectivity index (χ1v) is 7.51. The van der Waals surface area contributed by atoms with Gasteiger partial charge in [0.05, 0.1) is 5.60 Å². The summed E-state index contributed by atoms with van der Waals surface area (Å²) < 4.78 is 0. The Balaban J connectivity index is 2.14. The van der Waals surface area contributed by atoms with Crippen molar-refractivity contribution in [3.63, 3.8) is 0 Å². The lowest BCUT2D eigenvalue weighted by Crippen LogP contribution is -2.25. The number of halogens is 1. The molecular formula is C16H23ClO. The molecule has 0 amide bonds. The molecule has 0 aromatic heterocycles. The van der Waals surface area contributed by atoms with Crippen molar-refractivity contribution >= 4 is 11.6 Å². The van der Waals surface area contributed by atoms with Gasteiger partial charge >= 0.3 is 0 Å². The summed E-state index contributed by atoms with van der Waals surface area (Å²) in [6, 6.07) is 7.74. The average molecular weight is 267 g/mol. The molecule has 1 fully saturated rings. The summed E-state index contributed by atoms with van der Waals surface area (Å²) >= 11 is 6.24. The molecular weight excluding hydrogens is 244 g/mol. The third-order valence-corrected chi connectivity index (χ3v) is 4.57. The van der Waals surface area contributed by atoms with E-state index in [1.165, 1.54) is 19.3 Å². The van der Waals surface area contributed by atoms with Crippen LogP contribution in [0.25, 0.3) is 0 Å². The van der Waals surface area contributed by atoms with Crippen molar-refractivity contribution < 1.29 is 5.11 Å². The lowest BCUT2D eigenvalue weighted by atomic mass is 9.86. The molecule has 2 rings (SSSR count). The highest BCUT2D eigenvalue weighted by molar-refractivity contribution is 6.31. The molecule has 1 saturated carbocycles. The topological polar surface area (TPSA) is 20.2 Å². The first kappa shape index (κ1) is 13.9. The Kier molecular flexibility index (Phi) is 4.69. The molecule has 100 valence electrons. The summed E-state index contributed by atoms with van der Waals surface area (Å²) in [7, 11) is 0. The van der Waals surface area contributed by atoms with Crippen LogP contribution in [0.15, 0.2) is 24.3 Å². The molecule has 0 aliphatic heterocycles. The fraction of sp³-hybridized carbons (Fsp3) is 0.625. The lowest BCUT2D eigenvalue weighted by Gasteiger charge is -2.28. The minimum atomic E-state index is -0.708. The SMILES string of the molecule is CCCC1CCCC(O)(c2ccccc2Cl)CC1. The number of benzene rings is 1. The third-order valence-electron chi connectivity index (χ3n) is 4.24. The van der Waals surface area contributed by atoms with Crippen molar-refractivity contribution in [2.45, 2.75) is 57.5 Å². The standard InChI is InChI=1S/C16H23ClO/c1-2-6-13-7-5-11-16(18,12-10-13)14-8-3-4-9-15(14)17/h3-4,8-9,13,18H,2,5-7,10-12H2,1H3. The van der Waals surface area contributed by atoms with Crippen LogP contribution in [0.5, 0.6) is 0 Å². The zero-order valence-electron chi connectivity index (χ0n) is 11.2. The molecule has 0 saturated heterocycles. The molecule has 2 atom stereocenters. The maximum Gasteiger partial charge on any atom is 0.0911 e. The monoisotopic (exact) mass is 266 g/mol. The largest absolute Gasteiger partial charge is 0.385 e. The van der Waals surface area contributed by atoms with Crippen LogP contribution in [0.1, 0.15) is 57.4 Å². The van der Waals surface area contributed by atoms with Crippen molar-refractivity contribution in [2.24, 2.45) is 5.92 Å². The van der Waals surface area contributed by atoms with E-state index in [9.17, 15) is 5.11 Å². The maximum absolute atomic E-state index is 10.9. The van der Waals surface area contributed by atoms with E-state index >= 15 is 0 Å². The van der Waals surface area contributed by atoms with Crippen molar-refractivity contribution in [1.29, 1.82) is 0 Å². The zero-order chi connectivity index (χ0) is 13.0. The highest BCUT2D eigenvalue weighted by Crippen LogP contribution is 2.41. The van der Waals surface area contributed by atoms with Gasteiger partial charge in [-0.2, -0.15) is 0 Å². The van der Waals surface area contributed by atoms with Gasteiger partial charge in [0.25, 0.3) is 0 Å². The van der Waals surface area contributed by atoms with Gasteiger partial charge in [0.2, 0.25) is 0 Å². The fourth-order valence-electron chi connectivity index (χ4n) is 3.20. The Morgan fingerprint density at radius 2 is 2.06 bits per heavy atom. The van der Waals surface area contributed by atoms with Gasteiger partial charge in [-0.25, -0.2) is 0 Å². The van der Waals surface area contributed by atoms with Gasteiger partial charge in [-0.15, -0.1) is 0 Å². The minimum absolute atomic E-state index is 0.703. The Morgan fingerprint density at radius 3 is 2.78 bits per heavy atom. The van der Waals surface area contributed by atoms with Crippen molar-refractivity contribution in [2.75, 3.05) is 0 Å². The minimum Gasteiger partial charge on any atom is -0.385 e. The Hall–Kier alpha value is -0.530. The van der Waals surface area contributed by atoms with E-state index in [-0.39, 0.29) is 0 Å². The quantitative estimate of drug-likeness (QED) is 0.771. The van der Waals surface area contributed by atoms with Gasteiger partial charge in [-0.1, -0.05) is 56.0 Å². The summed E-state index contributed by atoms with van der Waals surface area (Å²) in [5.74, 6) is 0.784. The molecule has 0 bridgehead atoms. The molecule has 0 radical (unpaired) electrons. The average Bonchev–Trinajstić information content (AvgIpc) is 2.54. The summed E-state index contributed by atoms with van der Waals surface area (Å²) in [6.07, 6.45) is 7.70. The Morgan fingerprint density at radius 1 is 1.28 bits per heavy atom. The summed E-state index contributed by atoms with van der Waals surface area (Å²) in [6.45, 7) is 2.24. The van der Waals surface area contributed by atoms with Crippen LogP contribution >= 0.6 is 11.6 Å². The second-order valence-corrected chi connectivity index (χ2v) is 6.00. The molecule has 1 aromatic rings. The first-order valence-electron chi connectivity index (χ1n) is 7.13.